The van der Waals surface area contributed by atoms with E-state index in [0.29, 0.717) is 11.3 Å². The summed E-state index contributed by atoms with van der Waals surface area (Å²) < 4.78 is 0. The molecule has 148 valence electrons. The molecule has 0 spiro atoms. The van der Waals surface area contributed by atoms with Crippen molar-refractivity contribution in [3.8, 4) is 0 Å². The number of anilines is 1. The zero-order valence-corrected chi connectivity index (χ0v) is 16.5. The lowest BCUT2D eigenvalue weighted by molar-refractivity contribution is -0.384. The van der Waals surface area contributed by atoms with Gasteiger partial charge in [-0.2, -0.15) is 0 Å². The van der Waals surface area contributed by atoms with Crippen LogP contribution < -0.4 is 10.2 Å². The van der Waals surface area contributed by atoms with Gasteiger partial charge >= 0.3 is 0 Å². The molecule has 1 amide bonds. The molecule has 1 heterocycles. The molecular weight excluding hydrogens is 356 g/mol. The van der Waals surface area contributed by atoms with Gasteiger partial charge in [-0.1, -0.05) is 24.3 Å². The molecule has 0 bridgehead atoms. The summed E-state index contributed by atoms with van der Waals surface area (Å²) in [6.45, 7) is 7.07. The van der Waals surface area contributed by atoms with E-state index in [0.717, 1.165) is 37.3 Å². The number of nitrogens with one attached hydrogen (secondary N) is 1. The van der Waals surface area contributed by atoms with Crippen LogP contribution in [-0.4, -0.2) is 49.0 Å². The Morgan fingerprint density at radius 2 is 1.82 bits per heavy atom. The number of likely N-dealkylation sites (N-methyl/N-ethyl adjacent to an activating group) is 1. The molecule has 0 aromatic heterocycles. The third-order valence-corrected chi connectivity index (χ3v) is 5.28. The number of rotatable bonds is 5. The van der Waals surface area contributed by atoms with Crippen LogP contribution >= 0.6 is 0 Å². The maximum atomic E-state index is 12.7. The van der Waals surface area contributed by atoms with Crippen molar-refractivity contribution >= 4 is 17.3 Å². The van der Waals surface area contributed by atoms with Crippen LogP contribution in [0.1, 0.15) is 34.5 Å². The lowest BCUT2D eigenvalue weighted by atomic mass is 10.0. The van der Waals surface area contributed by atoms with Crippen LogP contribution in [0.2, 0.25) is 0 Å². The summed E-state index contributed by atoms with van der Waals surface area (Å²) in [5.41, 5.74) is 2.96. The number of amides is 1. The number of carbonyl (C=O) groups excluding carboxylic acids is 1. The van der Waals surface area contributed by atoms with E-state index in [4.69, 9.17) is 0 Å². The summed E-state index contributed by atoms with van der Waals surface area (Å²) in [6.07, 6.45) is 0. The number of benzene rings is 2. The van der Waals surface area contributed by atoms with Crippen molar-refractivity contribution in [2.75, 3.05) is 38.1 Å². The maximum Gasteiger partial charge on any atom is 0.293 e. The SMILES string of the molecule is Cc1ccccc1[C@@H](C)NC(=O)c1ccc(N2CCN(C)CC2)c([N+](=O)[O-])c1. The topological polar surface area (TPSA) is 78.7 Å². The molecule has 7 nitrogen and oxygen atoms in total. The number of nitro groups is 1. The predicted octanol–water partition coefficient (Wildman–Crippen LogP) is 3.15. The first-order chi connectivity index (χ1) is 13.4. The molecule has 1 aliphatic rings. The number of hydrogen-bond donors (Lipinski definition) is 1. The summed E-state index contributed by atoms with van der Waals surface area (Å²) in [4.78, 5) is 28.1. The first-order valence-corrected chi connectivity index (χ1v) is 9.45. The minimum absolute atomic E-state index is 0.0271. The third-order valence-electron chi connectivity index (χ3n) is 5.28. The number of aryl methyl sites for hydroxylation is 1. The van der Waals surface area contributed by atoms with Crippen LogP contribution in [0.25, 0.3) is 0 Å². The van der Waals surface area contributed by atoms with Crippen molar-refractivity contribution in [2.24, 2.45) is 0 Å². The van der Waals surface area contributed by atoms with Gasteiger partial charge in [0.15, 0.2) is 0 Å². The van der Waals surface area contributed by atoms with Gasteiger partial charge < -0.3 is 15.1 Å². The average molecular weight is 382 g/mol. The van der Waals surface area contributed by atoms with Gasteiger partial charge in [-0.3, -0.25) is 14.9 Å². The highest BCUT2D eigenvalue weighted by Crippen LogP contribution is 2.30. The molecule has 3 rings (SSSR count). The fourth-order valence-corrected chi connectivity index (χ4v) is 3.56. The van der Waals surface area contributed by atoms with E-state index in [1.165, 1.54) is 6.07 Å². The van der Waals surface area contributed by atoms with Crippen molar-refractivity contribution in [2.45, 2.75) is 19.9 Å². The van der Waals surface area contributed by atoms with E-state index in [-0.39, 0.29) is 17.6 Å². The van der Waals surface area contributed by atoms with Gasteiger partial charge in [-0.15, -0.1) is 0 Å². The van der Waals surface area contributed by atoms with Crippen LogP contribution in [0.5, 0.6) is 0 Å². The van der Waals surface area contributed by atoms with Gasteiger partial charge in [-0.05, 0) is 44.2 Å². The average Bonchev–Trinajstić information content (AvgIpc) is 2.68. The molecule has 0 saturated carbocycles. The number of nitrogens with zero attached hydrogens (tertiary/aromatic N) is 3. The molecule has 1 N–H and O–H groups in total. The van der Waals surface area contributed by atoms with Gasteiger partial charge in [0.05, 0.1) is 11.0 Å². The minimum atomic E-state index is -0.408. The van der Waals surface area contributed by atoms with Crippen LogP contribution in [0.4, 0.5) is 11.4 Å². The molecule has 2 aromatic rings. The quantitative estimate of drug-likeness (QED) is 0.635. The highest BCUT2D eigenvalue weighted by Gasteiger charge is 2.24. The Labute approximate surface area is 165 Å². The summed E-state index contributed by atoms with van der Waals surface area (Å²) in [6, 6.07) is 12.4. The highest BCUT2D eigenvalue weighted by atomic mass is 16.6. The fraction of sp³-hybridized carbons (Fsp3) is 0.381. The van der Waals surface area contributed by atoms with Gasteiger partial charge in [0.1, 0.15) is 5.69 Å². The maximum absolute atomic E-state index is 12.7. The summed E-state index contributed by atoms with van der Waals surface area (Å²) in [5, 5.41) is 14.6. The Balaban J connectivity index is 1.80. The molecule has 28 heavy (non-hydrogen) atoms. The summed E-state index contributed by atoms with van der Waals surface area (Å²) in [5.74, 6) is -0.316. The molecule has 1 fully saturated rings. The van der Waals surface area contributed by atoms with Crippen LogP contribution in [0, 0.1) is 17.0 Å². The van der Waals surface area contributed by atoms with E-state index >= 15 is 0 Å². The van der Waals surface area contributed by atoms with Gasteiger partial charge in [0.25, 0.3) is 11.6 Å². The predicted molar refractivity (Wildman–Crippen MR) is 110 cm³/mol. The molecule has 1 atom stereocenters. The van der Waals surface area contributed by atoms with Gasteiger partial charge in [0, 0.05) is 37.8 Å². The second-order valence-corrected chi connectivity index (χ2v) is 7.30. The molecule has 0 aliphatic carbocycles. The zero-order chi connectivity index (χ0) is 20.3. The van der Waals surface area contributed by atoms with E-state index < -0.39 is 4.92 Å². The standard InChI is InChI=1S/C21H26N4O3/c1-15-6-4-5-7-18(15)16(2)22-21(26)17-8-9-19(20(14-17)25(27)28)24-12-10-23(3)11-13-24/h4-9,14,16H,10-13H2,1-3H3,(H,22,26)/t16-/m1/s1. The summed E-state index contributed by atoms with van der Waals surface area (Å²) in [7, 11) is 2.04. The Morgan fingerprint density at radius 1 is 1.14 bits per heavy atom. The highest BCUT2D eigenvalue weighted by molar-refractivity contribution is 5.96. The van der Waals surface area contributed by atoms with Gasteiger partial charge in [-0.25, -0.2) is 0 Å². The molecule has 2 aromatic carbocycles. The number of hydrogen-bond acceptors (Lipinski definition) is 5. The third kappa shape index (κ3) is 4.31. The molecule has 0 unspecified atom stereocenters. The first-order valence-electron chi connectivity index (χ1n) is 9.45. The number of piperazine rings is 1. The largest absolute Gasteiger partial charge is 0.363 e. The molecule has 7 heteroatoms. The Hall–Kier alpha value is -2.93. The molecule has 1 saturated heterocycles. The normalized spacial score (nSPS) is 15.9. The Bertz CT molecular complexity index is 876. The van der Waals surface area contributed by atoms with Crippen LogP contribution in [-0.2, 0) is 0 Å². The van der Waals surface area contributed by atoms with Crippen LogP contribution in [0.15, 0.2) is 42.5 Å². The molecular formula is C21H26N4O3. The van der Waals surface area contributed by atoms with Crippen molar-refractivity contribution < 1.29 is 9.72 Å². The second kappa shape index (κ2) is 8.39. The van der Waals surface area contributed by atoms with Crippen molar-refractivity contribution in [3.63, 3.8) is 0 Å². The molecule has 0 radical (unpaired) electrons. The number of nitro benzene ring substituents is 1. The van der Waals surface area contributed by atoms with Crippen molar-refractivity contribution in [1.82, 2.24) is 10.2 Å². The van der Waals surface area contributed by atoms with Crippen molar-refractivity contribution in [1.29, 1.82) is 0 Å². The Morgan fingerprint density at radius 3 is 2.46 bits per heavy atom. The number of carbonyl (C=O) groups is 1. The second-order valence-electron chi connectivity index (χ2n) is 7.30. The molecule has 1 aliphatic heterocycles. The van der Waals surface area contributed by atoms with Crippen LogP contribution in [0.3, 0.4) is 0 Å². The van der Waals surface area contributed by atoms with E-state index in [1.807, 2.05) is 50.1 Å². The Kier molecular flexibility index (Phi) is 5.94. The fourth-order valence-electron chi connectivity index (χ4n) is 3.56. The minimum Gasteiger partial charge on any atom is -0.363 e. The first kappa shape index (κ1) is 19.8. The van der Waals surface area contributed by atoms with E-state index in [2.05, 4.69) is 10.2 Å². The van der Waals surface area contributed by atoms with Gasteiger partial charge in [0.2, 0.25) is 0 Å². The van der Waals surface area contributed by atoms with Crippen molar-refractivity contribution in [3.05, 3.63) is 69.3 Å². The smallest absolute Gasteiger partial charge is 0.293 e. The lowest BCUT2D eigenvalue weighted by Crippen LogP contribution is -2.44. The summed E-state index contributed by atoms with van der Waals surface area (Å²) >= 11 is 0. The van der Waals surface area contributed by atoms with E-state index in [1.54, 1.807) is 12.1 Å². The van der Waals surface area contributed by atoms with E-state index in [9.17, 15) is 14.9 Å². The lowest BCUT2D eigenvalue weighted by Gasteiger charge is -2.33. The monoisotopic (exact) mass is 382 g/mol. The zero-order valence-electron chi connectivity index (χ0n) is 16.5.